The van der Waals surface area contributed by atoms with Crippen LogP contribution in [-0.4, -0.2) is 16.0 Å². The van der Waals surface area contributed by atoms with Gasteiger partial charge in [-0.15, -0.1) is 0 Å². The van der Waals surface area contributed by atoms with Crippen LogP contribution in [0.25, 0.3) is 5.69 Å². The molecule has 1 N–H and O–H groups in total. The van der Waals surface area contributed by atoms with E-state index in [1.54, 1.807) is 13.1 Å². The molecule has 0 aliphatic carbocycles. The Kier molecular flexibility index (Phi) is 3.28. The van der Waals surface area contributed by atoms with Crippen molar-refractivity contribution in [3.8, 4) is 5.69 Å². The minimum atomic E-state index is -4.48. The number of amides is 1. The molecule has 0 saturated heterocycles. The molecule has 100 valence electrons. The summed E-state index contributed by atoms with van der Waals surface area (Å²) < 4.78 is 39.8. The highest BCUT2D eigenvalue weighted by atomic mass is 19.4. The van der Waals surface area contributed by atoms with Crippen molar-refractivity contribution in [3.05, 3.63) is 42.0 Å². The minimum absolute atomic E-state index is 0.0752. The summed E-state index contributed by atoms with van der Waals surface area (Å²) in [5.74, 6) is 0. The third-order valence-electron chi connectivity index (χ3n) is 2.48. The van der Waals surface area contributed by atoms with E-state index in [0.29, 0.717) is 12.1 Å². The van der Waals surface area contributed by atoms with Crippen molar-refractivity contribution in [2.24, 2.45) is 0 Å². The fraction of sp³-hybridized carbons (Fsp3) is 0.167. The number of nitrogens with one attached hydrogen (secondary N) is 1. The number of nitrogens with zero attached hydrogens (tertiary/aromatic N) is 2. The van der Waals surface area contributed by atoms with Gasteiger partial charge in [-0.25, -0.2) is 4.98 Å². The summed E-state index contributed by atoms with van der Waals surface area (Å²) in [5, 5.41) is 2.22. The normalized spacial score (nSPS) is 11.4. The number of aryl methyl sites for hydroxylation is 1. The summed E-state index contributed by atoms with van der Waals surface area (Å²) in [5.41, 5.74) is 0.203. The maximum Gasteiger partial charge on any atom is 0.416 e. The Balaban J connectivity index is 2.54. The highest BCUT2D eigenvalue weighted by Gasteiger charge is 2.31. The van der Waals surface area contributed by atoms with Gasteiger partial charge >= 0.3 is 6.18 Å². The third-order valence-corrected chi connectivity index (χ3v) is 2.48. The van der Waals surface area contributed by atoms with Crippen LogP contribution >= 0.6 is 0 Å². The zero-order valence-corrected chi connectivity index (χ0v) is 9.90. The number of carbonyl (C=O) groups is 1. The maximum absolute atomic E-state index is 12.8. The van der Waals surface area contributed by atoms with E-state index >= 15 is 0 Å². The lowest BCUT2D eigenvalue weighted by Crippen LogP contribution is -2.08. The second-order valence-corrected chi connectivity index (χ2v) is 3.95. The SMILES string of the molecule is Cc1cn(-c2cc(NC=O)cc(C(F)(F)F)c2)cn1. The van der Waals surface area contributed by atoms with Crippen molar-refractivity contribution in [2.45, 2.75) is 13.1 Å². The standard InChI is InChI=1S/C12H10F3N3O/c1-8-5-18(6-16-8)11-3-9(12(13,14)15)2-10(4-11)17-7-19/h2-7H,1H3,(H,17,19). The van der Waals surface area contributed by atoms with E-state index in [9.17, 15) is 18.0 Å². The van der Waals surface area contributed by atoms with Crippen LogP contribution in [0.5, 0.6) is 0 Å². The number of carbonyl (C=O) groups excluding carboxylic acids is 1. The second-order valence-electron chi connectivity index (χ2n) is 3.95. The molecular formula is C12H10F3N3O. The number of hydrogen-bond acceptors (Lipinski definition) is 2. The van der Waals surface area contributed by atoms with E-state index in [0.717, 1.165) is 12.1 Å². The van der Waals surface area contributed by atoms with Crippen molar-refractivity contribution < 1.29 is 18.0 Å². The van der Waals surface area contributed by atoms with Crippen molar-refractivity contribution in [1.29, 1.82) is 0 Å². The Bertz CT molecular complexity index is 605. The van der Waals surface area contributed by atoms with Gasteiger partial charge in [-0.3, -0.25) is 4.79 Å². The van der Waals surface area contributed by atoms with Gasteiger partial charge in [0.05, 0.1) is 17.6 Å². The fourth-order valence-electron chi connectivity index (χ4n) is 1.64. The molecular weight excluding hydrogens is 259 g/mol. The van der Waals surface area contributed by atoms with E-state index in [2.05, 4.69) is 10.3 Å². The number of aromatic nitrogens is 2. The molecule has 0 radical (unpaired) electrons. The Morgan fingerprint density at radius 3 is 2.58 bits per heavy atom. The molecule has 1 aromatic heterocycles. The van der Waals surface area contributed by atoms with Gasteiger partial charge in [0.15, 0.2) is 0 Å². The lowest BCUT2D eigenvalue weighted by atomic mass is 10.1. The van der Waals surface area contributed by atoms with Gasteiger partial charge in [-0.1, -0.05) is 0 Å². The van der Waals surface area contributed by atoms with E-state index in [4.69, 9.17) is 0 Å². The number of imidazole rings is 1. The van der Waals surface area contributed by atoms with Crippen LogP contribution in [0.15, 0.2) is 30.7 Å². The Hall–Kier alpha value is -2.31. The molecule has 0 saturated carbocycles. The van der Waals surface area contributed by atoms with Crippen LogP contribution in [0.1, 0.15) is 11.3 Å². The molecule has 0 bridgehead atoms. The Morgan fingerprint density at radius 2 is 2.05 bits per heavy atom. The zero-order chi connectivity index (χ0) is 14.0. The van der Waals surface area contributed by atoms with E-state index < -0.39 is 11.7 Å². The van der Waals surface area contributed by atoms with Crippen LogP contribution in [0.3, 0.4) is 0 Å². The van der Waals surface area contributed by atoms with Gasteiger partial charge in [0.25, 0.3) is 0 Å². The maximum atomic E-state index is 12.8. The molecule has 19 heavy (non-hydrogen) atoms. The second kappa shape index (κ2) is 4.75. The van der Waals surface area contributed by atoms with Crippen LogP contribution in [-0.2, 0) is 11.0 Å². The molecule has 0 spiro atoms. The van der Waals surface area contributed by atoms with Crippen molar-refractivity contribution >= 4 is 12.1 Å². The van der Waals surface area contributed by atoms with Gasteiger partial charge in [-0.2, -0.15) is 13.2 Å². The zero-order valence-electron chi connectivity index (χ0n) is 9.90. The highest BCUT2D eigenvalue weighted by Crippen LogP contribution is 2.32. The van der Waals surface area contributed by atoms with Crippen molar-refractivity contribution in [3.63, 3.8) is 0 Å². The van der Waals surface area contributed by atoms with E-state index in [1.807, 2.05) is 0 Å². The predicted octanol–water partition coefficient (Wildman–Crippen LogP) is 2.77. The molecule has 4 nitrogen and oxygen atoms in total. The summed E-state index contributed by atoms with van der Waals surface area (Å²) >= 11 is 0. The Morgan fingerprint density at radius 1 is 1.32 bits per heavy atom. The molecule has 7 heteroatoms. The number of rotatable bonds is 3. The van der Waals surface area contributed by atoms with Gasteiger partial charge < -0.3 is 9.88 Å². The van der Waals surface area contributed by atoms with Crippen LogP contribution in [0.4, 0.5) is 18.9 Å². The first-order valence-electron chi connectivity index (χ1n) is 5.33. The van der Waals surface area contributed by atoms with Crippen LogP contribution in [0.2, 0.25) is 0 Å². The lowest BCUT2D eigenvalue weighted by molar-refractivity contribution is -0.137. The number of benzene rings is 1. The first-order chi connectivity index (χ1) is 8.90. The average molecular weight is 269 g/mol. The molecule has 0 aliphatic rings. The van der Waals surface area contributed by atoms with Crippen LogP contribution in [0, 0.1) is 6.92 Å². The number of anilines is 1. The van der Waals surface area contributed by atoms with Gasteiger partial charge in [-0.05, 0) is 25.1 Å². The summed E-state index contributed by atoms with van der Waals surface area (Å²) in [7, 11) is 0. The molecule has 2 rings (SSSR count). The number of alkyl halides is 3. The molecule has 0 fully saturated rings. The summed E-state index contributed by atoms with van der Waals surface area (Å²) in [6.07, 6.45) is -1.14. The van der Waals surface area contributed by atoms with Crippen molar-refractivity contribution in [2.75, 3.05) is 5.32 Å². The average Bonchev–Trinajstić information content (AvgIpc) is 2.75. The van der Waals surface area contributed by atoms with Crippen LogP contribution < -0.4 is 5.32 Å². The Labute approximate surface area is 106 Å². The minimum Gasteiger partial charge on any atom is -0.329 e. The summed E-state index contributed by atoms with van der Waals surface area (Å²) in [6.45, 7) is 1.73. The smallest absolute Gasteiger partial charge is 0.329 e. The first-order valence-corrected chi connectivity index (χ1v) is 5.33. The van der Waals surface area contributed by atoms with Crippen molar-refractivity contribution in [1.82, 2.24) is 9.55 Å². The third kappa shape index (κ3) is 2.93. The largest absolute Gasteiger partial charge is 0.416 e. The molecule has 1 heterocycles. The van der Waals surface area contributed by atoms with Gasteiger partial charge in [0.1, 0.15) is 0 Å². The van der Waals surface area contributed by atoms with E-state index in [-0.39, 0.29) is 11.4 Å². The lowest BCUT2D eigenvalue weighted by Gasteiger charge is -2.12. The molecule has 0 atom stereocenters. The van der Waals surface area contributed by atoms with Gasteiger partial charge in [0, 0.05) is 17.6 Å². The topological polar surface area (TPSA) is 46.9 Å². The summed E-state index contributed by atoms with van der Waals surface area (Å²) in [6, 6.07) is 3.31. The molecule has 1 aromatic carbocycles. The highest BCUT2D eigenvalue weighted by molar-refractivity contribution is 5.73. The predicted molar refractivity (Wildman–Crippen MR) is 63.0 cm³/mol. The first kappa shape index (κ1) is 13.1. The molecule has 1 amide bonds. The summed E-state index contributed by atoms with van der Waals surface area (Å²) in [4.78, 5) is 14.3. The number of hydrogen-bond donors (Lipinski definition) is 1. The molecule has 2 aromatic rings. The molecule has 0 aliphatic heterocycles. The molecule has 0 unspecified atom stereocenters. The quantitative estimate of drug-likeness (QED) is 0.871. The van der Waals surface area contributed by atoms with Gasteiger partial charge in [0.2, 0.25) is 6.41 Å². The van der Waals surface area contributed by atoms with E-state index in [1.165, 1.54) is 17.0 Å². The number of halogens is 3. The monoisotopic (exact) mass is 269 g/mol. The fourth-order valence-corrected chi connectivity index (χ4v) is 1.64.